The summed E-state index contributed by atoms with van der Waals surface area (Å²) in [6.07, 6.45) is 0.934. The summed E-state index contributed by atoms with van der Waals surface area (Å²) in [7, 11) is 0. The predicted molar refractivity (Wildman–Crippen MR) is 152 cm³/mol. The van der Waals surface area contributed by atoms with Gasteiger partial charge in [0.2, 0.25) is 5.91 Å². The van der Waals surface area contributed by atoms with Crippen LogP contribution in [0, 0.1) is 19.8 Å². The molecule has 0 bridgehead atoms. The average molecular weight is 504 g/mol. The van der Waals surface area contributed by atoms with Gasteiger partial charge in [0.15, 0.2) is 0 Å². The fourth-order valence-corrected chi connectivity index (χ4v) is 4.11. The molecule has 7 nitrogen and oxygen atoms in total. The third kappa shape index (κ3) is 7.44. The van der Waals surface area contributed by atoms with Gasteiger partial charge in [-0.1, -0.05) is 71.4 Å². The van der Waals surface area contributed by atoms with Crippen LogP contribution in [0.4, 0.5) is 16.3 Å². The molecule has 0 saturated carbocycles. The monoisotopic (exact) mass is 503 g/mol. The summed E-state index contributed by atoms with van der Waals surface area (Å²) < 4.78 is 1.79. The quantitative estimate of drug-likeness (QED) is 0.369. The summed E-state index contributed by atoms with van der Waals surface area (Å²) in [4.78, 5) is 27.9. The van der Waals surface area contributed by atoms with Gasteiger partial charge in [0.05, 0.1) is 11.4 Å². The Balaban J connectivity index is 1.83. The van der Waals surface area contributed by atoms with E-state index in [0.717, 1.165) is 28.9 Å². The number of carbonyl (C=O) groups is 2. The number of carbonyl (C=O) groups excluding carboxylic acids is 2. The van der Waals surface area contributed by atoms with Crippen molar-refractivity contribution < 1.29 is 9.59 Å². The Labute approximate surface area is 221 Å². The van der Waals surface area contributed by atoms with Crippen LogP contribution in [0.3, 0.4) is 0 Å². The molecule has 0 spiro atoms. The largest absolute Gasteiger partial charge is 0.322 e. The van der Waals surface area contributed by atoms with E-state index in [1.807, 2.05) is 63.2 Å². The van der Waals surface area contributed by atoms with Crippen LogP contribution < -0.4 is 10.6 Å². The van der Waals surface area contributed by atoms with Crippen LogP contribution in [0.1, 0.15) is 63.9 Å². The number of urea groups is 1. The van der Waals surface area contributed by atoms with Crippen molar-refractivity contribution in [2.45, 2.75) is 67.2 Å². The van der Waals surface area contributed by atoms with E-state index < -0.39 is 0 Å². The molecule has 0 atom stereocenters. The summed E-state index contributed by atoms with van der Waals surface area (Å²) in [5.41, 5.74) is 5.72. The molecule has 2 N–H and O–H groups in total. The van der Waals surface area contributed by atoms with Gasteiger partial charge >= 0.3 is 6.03 Å². The topological polar surface area (TPSA) is 79.3 Å². The Morgan fingerprint density at radius 1 is 1.00 bits per heavy atom. The zero-order valence-corrected chi connectivity index (χ0v) is 23.5. The summed E-state index contributed by atoms with van der Waals surface area (Å²) in [5.74, 6) is 0.514. The molecule has 7 heteroatoms. The van der Waals surface area contributed by atoms with Crippen molar-refractivity contribution in [3.63, 3.8) is 0 Å². The van der Waals surface area contributed by atoms with Gasteiger partial charge in [0.1, 0.15) is 12.4 Å². The highest BCUT2D eigenvalue weighted by Crippen LogP contribution is 2.28. The summed E-state index contributed by atoms with van der Waals surface area (Å²) in [6.45, 7) is 16.9. The van der Waals surface area contributed by atoms with Gasteiger partial charge in [-0.3, -0.25) is 4.79 Å². The molecule has 0 unspecified atom stereocenters. The maximum atomic E-state index is 13.3. The van der Waals surface area contributed by atoms with E-state index in [4.69, 9.17) is 5.10 Å². The fourth-order valence-electron chi connectivity index (χ4n) is 4.11. The van der Waals surface area contributed by atoms with Crippen molar-refractivity contribution in [2.75, 3.05) is 23.7 Å². The van der Waals surface area contributed by atoms with Crippen molar-refractivity contribution in [3.8, 4) is 5.69 Å². The molecular weight excluding hydrogens is 462 g/mol. The number of aryl methyl sites for hydroxylation is 3. The maximum Gasteiger partial charge on any atom is 0.322 e. The van der Waals surface area contributed by atoms with Crippen LogP contribution in [0.15, 0.2) is 48.5 Å². The lowest BCUT2D eigenvalue weighted by Crippen LogP contribution is -2.42. The van der Waals surface area contributed by atoms with Crippen LogP contribution in [0.25, 0.3) is 5.69 Å². The predicted octanol–water partition coefficient (Wildman–Crippen LogP) is 6.48. The maximum absolute atomic E-state index is 13.3. The van der Waals surface area contributed by atoms with Crippen LogP contribution in [0.5, 0.6) is 0 Å². The minimum Gasteiger partial charge on any atom is -0.315 e. The van der Waals surface area contributed by atoms with Crippen molar-refractivity contribution in [3.05, 3.63) is 70.9 Å². The highest BCUT2D eigenvalue weighted by atomic mass is 16.2. The van der Waals surface area contributed by atoms with Crippen LogP contribution >= 0.6 is 0 Å². The number of hydrogen-bond donors (Lipinski definition) is 2. The van der Waals surface area contributed by atoms with Gasteiger partial charge in [-0.05, 0) is 55.5 Å². The molecule has 0 radical (unpaired) electrons. The van der Waals surface area contributed by atoms with Crippen molar-refractivity contribution in [1.29, 1.82) is 0 Å². The highest BCUT2D eigenvalue weighted by molar-refractivity contribution is 5.96. The SMILES string of the molecule is CCc1ccc(NC(=O)N(CC(=O)Nc2cc(C(C)(C)C)nn2-c2ccc(C)cc2C)CC(C)C)cc1. The molecule has 3 aromatic rings. The zero-order chi connectivity index (χ0) is 27.3. The van der Waals surface area contributed by atoms with Gasteiger partial charge in [-0.2, -0.15) is 5.10 Å². The number of rotatable bonds is 8. The van der Waals surface area contributed by atoms with E-state index in [0.29, 0.717) is 18.1 Å². The van der Waals surface area contributed by atoms with E-state index in [9.17, 15) is 9.59 Å². The molecule has 1 heterocycles. The first-order valence-corrected chi connectivity index (χ1v) is 13.0. The Hall–Kier alpha value is -3.61. The molecule has 0 aliphatic heterocycles. The van der Waals surface area contributed by atoms with Gasteiger partial charge < -0.3 is 15.5 Å². The number of aromatic nitrogens is 2. The lowest BCUT2D eigenvalue weighted by Gasteiger charge is -2.24. The smallest absolute Gasteiger partial charge is 0.315 e. The number of anilines is 2. The molecule has 0 aliphatic rings. The molecule has 0 aliphatic carbocycles. The van der Waals surface area contributed by atoms with Crippen LogP contribution in [-0.2, 0) is 16.6 Å². The summed E-state index contributed by atoms with van der Waals surface area (Å²) in [6, 6.07) is 15.5. The number of nitrogens with zero attached hydrogens (tertiary/aromatic N) is 3. The lowest BCUT2D eigenvalue weighted by atomic mass is 9.92. The molecule has 3 rings (SSSR count). The minimum absolute atomic E-state index is 0.0695. The third-order valence-corrected chi connectivity index (χ3v) is 6.15. The third-order valence-electron chi connectivity index (χ3n) is 6.15. The fraction of sp³-hybridized carbons (Fsp3) is 0.433. The van der Waals surface area contributed by atoms with E-state index in [-0.39, 0.29) is 29.8 Å². The van der Waals surface area contributed by atoms with E-state index in [1.165, 1.54) is 5.56 Å². The van der Waals surface area contributed by atoms with Crippen LogP contribution in [0.2, 0.25) is 0 Å². The molecule has 37 heavy (non-hydrogen) atoms. The average Bonchev–Trinajstić information content (AvgIpc) is 3.22. The summed E-state index contributed by atoms with van der Waals surface area (Å²) >= 11 is 0. The Kier molecular flexibility index (Phi) is 8.79. The second kappa shape index (κ2) is 11.6. The second-order valence-corrected chi connectivity index (χ2v) is 11.2. The zero-order valence-electron chi connectivity index (χ0n) is 23.5. The standard InChI is InChI=1S/C30H41N5O2/c1-9-23-11-13-24(14-12-23)31-29(37)34(18-20(2)3)19-28(36)32-27-17-26(30(6,7)8)33-35(27)25-15-10-21(4)16-22(25)5/h10-17,20H,9,18-19H2,1-8H3,(H,31,37)(H,32,36). The number of nitrogens with one attached hydrogen (secondary N) is 2. The number of benzene rings is 2. The highest BCUT2D eigenvalue weighted by Gasteiger charge is 2.24. The molecule has 2 aromatic carbocycles. The van der Waals surface area contributed by atoms with E-state index in [1.54, 1.807) is 9.58 Å². The molecule has 1 aromatic heterocycles. The van der Waals surface area contributed by atoms with E-state index in [2.05, 4.69) is 51.3 Å². The first kappa shape index (κ1) is 28.0. The molecule has 0 fully saturated rings. The minimum atomic E-state index is -0.300. The van der Waals surface area contributed by atoms with Gasteiger partial charge in [-0.25, -0.2) is 9.48 Å². The molecule has 198 valence electrons. The Bertz CT molecular complexity index is 1240. The Morgan fingerprint density at radius 3 is 2.24 bits per heavy atom. The van der Waals surface area contributed by atoms with Gasteiger partial charge in [-0.15, -0.1) is 0 Å². The number of amides is 3. The van der Waals surface area contributed by atoms with Crippen molar-refractivity contribution in [1.82, 2.24) is 14.7 Å². The first-order chi connectivity index (χ1) is 17.4. The Morgan fingerprint density at radius 2 is 1.68 bits per heavy atom. The molecule has 0 saturated heterocycles. The number of hydrogen-bond acceptors (Lipinski definition) is 3. The van der Waals surface area contributed by atoms with E-state index >= 15 is 0 Å². The van der Waals surface area contributed by atoms with Crippen molar-refractivity contribution in [2.24, 2.45) is 5.92 Å². The lowest BCUT2D eigenvalue weighted by molar-refractivity contribution is -0.116. The second-order valence-electron chi connectivity index (χ2n) is 11.2. The normalized spacial score (nSPS) is 11.5. The van der Waals surface area contributed by atoms with Gasteiger partial charge in [0.25, 0.3) is 0 Å². The first-order valence-electron chi connectivity index (χ1n) is 13.0. The van der Waals surface area contributed by atoms with Crippen LogP contribution in [-0.4, -0.2) is 39.7 Å². The summed E-state index contributed by atoms with van der Waals surface area (Å²) in [5, 5.41) is 10.8. The van der Waals surface area contributed by atoms with Gasteiger partial charge in [0, 0.05) is 23.7 Å². The van der Waals surface area contributed by atoms with Crippen molar-refractivity contribution >= 4 is 23.4 Å². The molecular formula is C30H41N5O2. The molecule has 3 amide bonds.